The van der Waals surface area contributed by atoms with E-state index in [1.165, 1.54) is 0 Å². The number of carbonyl (C=O) groups is 1. The van der Waals surface area contributed by atoms with Crippen LogP contribution in [0.15, 0.2) is 53.5 Å². The van der Waals surface area contributed by atoms with Gasteiger partial charge >= 0.3 is 0 Å². The maximum Gasteiger partial charge on any atom is 0.252 e. The zero-order valence-electron chi connectivity index (χ0n) is 14.8. The van der Waals surface area contributed by atoms with Crippen LogP contribution in [-0.2, 0) is 6.54 Å². The van der Waals surface area contributed by atoms with Crippen molar-refractivity contribution in [3.63, 3.8) is 0 Å². The number of nitrogens with zero attached hydrogens (tertiary/aromatic N) is 2. The molecule has 2 aromatic carbocycles. The monoisotopic (exact) mass is 392 g/mol. The van der Waals surface area contributed by atoms with Crippen molar-refractivity contribution in [3.8, 4) is 0 Å². The quantitative estimate of drug-likeness (QED) is 0.449. The number of benzene rings is 2. The number of aliphatic imine (C=N–C) groups is 1. The average molecular weight is 393 g/mol. The normalized spacial score (nSPS) is 11.2. The summed E-state index contributed by atoms with van der Waals surface area (Å²) in [5, 5.41) is 7.21. The number of amides is 1. The van der Waals surface area contributed by atoms with Crippen molar-refractivity contribution in [2.45, 2.75) is 6.54 Å². The van der Waals surface area contributed by atoms with Crippen molar-refractivity contribution in [1.82, 2.24) is 15.5 Å². The van der Waals surface area contributed by atoms with Gasteiger partial charge in [-0.1, -0.05) is 47.5 Å². The van der Waals surface area contributed by atoms with E-state index >= 15 is 0 Å². The molecule has 0 aliphatic rings. The molecule has 1 amide bonds. The molecule has 2 aromatic rings. The Morgan fingerprint density at radius 3 is 2.50 bits per heavy atom. The van der Waals surface area contributed by atoms with Gasteiger partial charge in [0, 0.05) is 38.8 Å². The lowest BCUT2D eigenvalue weighted by Crippen LogP contribution is -2.42. The van der Waals surface area contributed by atoms with E-state index in [2.05, 4.69) is 15.6 Å². The number of carbonyl (C=O) groups excluding carboxylic acids is 1. The van der Waals surface area contributed by atoms with Gasteiger partial charge in [0.1, 0.15) is 0 Å². The molecule has 0 spiro atoms. The maximum atomic E-state index is 12.1. The third-order valence-electron chi connectivity index (χ3n) is 3.69. The lowest BCUT2D eigenvalue weighted by Gasteiger charge is -2.22. The van der Waals surface area contributed by atoms with Crippen LogP contribution in [0.4, 0.5) is 0 Å². The summed E-state index contributed by atoms with van der Waals surface area (Å²) in [4.78, 5) is 18.4. The molecular formula is C19H22Cl2N4O. The van der Waals surface area contributed by atoms with Crippen molar-refractivity contribution >= 4 is 35.1 Å². The molecule has 0 heterocycles. The number of hydrogen-bond acceptors (Lipinski definition) is 2. The van der Waals surface area contributed by atoms with Crippen LogP contribution in [-0.4, -0.2) is 44.0 Å². The molecule has 7 heteroatoms. The van der Waals surface area contributed by atoms with Crippen LogP contribution in [0.2, 0.25) is 10.0 Å². The first-order valence-corrected chi connectivity index (χ1v) is 8.96. The smallest absolute Gasteiger partial charge is 0.252 e. The lowest BCUT2D eigenvalue weighted by atomic mass is 10.2. The number of halogens is 2. The molecule has 0 fully saturated rings. The summed E-state index contributed by atoms with van der Waals surface area (Å²) in [5.41, 5.74) is 1.56. The van der Waals surface area contributed by atoms with Gasteiger partial charge < -0.3 is 15.5 Å². The fourth-order valence-corrected chi connectivity index (χ4v) is 2.89. The van der Waals surface area contributed by atoms with E-state index in [9.17, 15) is 4.79 Å². The Balaban J connectivity index is 1.80. The highest BCUT2D eigenvalue weighted by molar-refractivity contribution is 6.33. The van der Waals surface area contributed by atoms with Gasteiger partial charge in [-0.25, -0.2) is 0 Å². The number of nitrogens with one attached hydrogen (secondary N) is 2. The van der Waals surface area contributed by atoms with Gasteiger partial charge in [0.15, 0.2) is 5.96 Å². The molecule has 0 radical (unpaired) electrons. The predicted molar refractivity (Wildman–Crippen MR) is 108 cm³/mol. The van der Waals surface area contributed by atoms with Gasteiger partial charge in [-0.05, 0) is 29.8 Å². The van der Waals surface area contributed by atoms with E-state index < -0.39 is 0 Å². The first kappa shape index (κ1) is 20.1. The maximum absolute atomic E-state index is 12.1. The van der Waals surface area contributed by atoms with Gasteiger partial charge in [0.2, 0.25) is 0 Å². The highest BCUT2D eigenvalue weighted by Gasteiger charge is 2.10. The van der Waals surface area contributed by atoms with E-state index in [4.69, 9.17) is 23.2 Å². The van der Waals surface area contributed by atoms with Gasteiger partial charge in [0.25, 0.3) is 5.91 Å². The van der Waals surface area contributed by atoms with Crippen molar-refractivity contribution in [3.05, 3.63) is 69.7 Å². The molecule has 0 atom stereocenters. The molecule has 2 N–H and O–H groups in total. The number of guanidine groups is 1. The highest BCUT2D eigenvalue weighted by Crippen LogP contribution is 2.14. The zero-order chi connectivity index (χ0) is 18.9. The van der Waals surface area contributed by atoms with E-state index in [1.54, 1.807) is 31.3 Å². The third-order valence-corrected chi connectivity index (χ3v) is 4.26. The predicted octanol–water partition coefficient (Wildman–Crippen LogP) is 3.43. The molecule has 0 aromatic heterocycles. The lowest BCUT2D eigenvalue weighted by molar-refractivity contribution is 0.0954. The first-order valence-electron chi connectivity index (χ1n) is 8.20. The van der Waals surface area contributed by atoms with Crippen LogP contribution in [0, 0.1) is 0 Å². The topological polar surface area (TPSA) is 56.7 Å². The number of hydrogen-bond donors (Lipinski definition) is 2. The minimum Gasteiger partial charge on any atom is -0.354 e. The fourth-order valence-electron chi connectivity index (χ4n) is 2.46. The first-order chi connectivity index (χ1) is 12.5. The second-order valence-electron chi connectivity index (χ2n) is 5.70. The molecule has 0 aliphatic heterocycles. The Bertz CT molecular complexity index is 780. The zero-order valence-corrected chi connectivity index (χ0v) is 16.3. The fraction of sp³-hybridized carbons (Fsp3) is 0.263. The molecular weight excluding hydrogens is 371 g/mol. The van der Waals surface area contributed by atoms with E-state index in [0.29, 0.717) is 35.2 Å². The molecule has 0 saturated carbocycles. The Hall–Kier alpha value is -2.24. The summed E-state index contributed by atoms with van der Waals surface area (Å²) in [7, 11) is 3.66. The summed E-state index contributed by atoms with van der Waals surface area (Å²) in [5.74, 6) is 0.539. The molecule has 5 nitrogen and oxygen atoms in total. The summed E-state index contributed by atoms with van der Waals surface area (Å²) < 4.78 is 0. The molecule has 26 heavy (non-hydrogen) atoms. The van der Waals surface area contributed by atoms with E-state index in [0.717, 1.165) is 11.5 Å². The summed E-state index contributed by atoms with van der Waals surface area (Å²) in [6.07, 6.45) is 0. The Morgan fingerprint density at radius 2 is 1.81 bits per heavy atom. The van der Waals surface area contributed by atoms with Crippen LogP contribution >= 0.6 is 23.2 Å². The standard InChI is InChI=1S/C19H22Cl2N4O/c1-22-19(25(2)13-14-6-5-7-15(20)12-14)24-11-10-23-18(26)16-8-3-4-9-17(16)21/h3-9,12H,10-11,13H2,1-2H3,(H,22,24)(H,23,26). The van der Waals surface area contributed by atoms with Crippen molar-refractivity contribution in [1.29, 1.82) is 0 Å². The average Bonchev–Trinajstić information content (AvgIpc) is 2.62. The SMILES string of the molecule is CN=C(NCCNC(=O)c1ccccc1Cl)N(C)Cc1cccc(Cl)c1. The van der Waals surface area contributed by atoms with Crippen molar-refractivity contribution < 1.29 is 4.79 Å². The summed E-state index contributed by atoms with van der Waals surface area (Å²) >= 11 is 12.0. The molecule has 0 unspecified atom stereocenters. The van der Waals surface area contributed by atoms with Crippen molar-refractivity contribution in [2.24, 2.45) is 4.99 Å². The summed E-state index contributed by atoms with van der Waals surface area (Å²) in [6, 6.07) is 14.7. The van der Waals surface area contributed by atoms with Crippen LogP contribution in [0.25, 0.3) is 0 Å². The number of rotatable bonds is 6. The molecule has 0 bridgehead atoms. The largest absolute Gasteiger partial charge is 0.354 e. The minimum atomic E-state index is -0.195. The second kappa shape index (κ2) is 10.0. The van der Waals surface area contributed by atoms with Gasteiger partial charge in [-0.2, -0.15) is 0 Å². The molecule has 138 valence electrons. The highest BCUT2D eigenvalue weighted by atomic mass is 35.5. The van der Waals surface area contributed by atoms with Crippen LogP contribution in [0.1, 0.15) is 15.9 Å². The van der Waals surface area contributed by atoms with E-state index in [1.807, 2.05) is 36.2 Å². The van der Waals surface area contributed by atoms with Crippen LogP contribution < -0.4 is 10.6 Å². The molecule has 0 saturated heterocycles. The van der Waals surface area contributed by atoms with Gasteiger partial charge in [0.05, 0.1) is 10.6 Å². The molecule has 2 rings (SSSR count). The van der Waals surface area contributed by atoms with E-state index in [-0.39, 0.29) is 5.91 Å². The summed E-state index contributed by atoms with van der Waals surface area (Å²) in [6.45, 7) is 1.67. The third kappa shape index (κ3) is 5.93. The Morgan fingerprint density at radius 1 is 1.08 bits per heavy atom. The van der Waals surface area contributed by atoms with Crippen molar-refractivity contribution in [2.75, 3.05) is 27.2 Å². The van der Waals surface area contributed by atoms with Gasteiger partial charge in [-0.15, -0.1) is 0 Å². The van der Waals surface area contributed by atoms with Gasteiger partial charge in [-0.3, -0.25) is 9.79 Å². The Labute approximate surface area is 164 Å². The second-order valence-corrected chi connectivity index (χ2v) is 6.54. The Kier molecular flexibility index (Phi) is 7.75. The van der Waals surface area contributed by atoms with Crippen LogP contribution in [0.3, 0.4) is 0 Å². The minimum absolute atomic E-state index is 0.195. The molecule has 0 aliphatic carbocycles. The van der Waals surface area contributed by atoms with Crippen LogP contribution in [0.5, 0.6) is 0 Å².